The third kappa shape index (κ3) is 2.87. The molecule has 4 heteroatoms. The third-order valence-corrected chi connectivity index (χ3v) is 2.42. The fraction of sp³-hybridized carbons (Fsp3) is 0.600. The largest absolute Gasteiger partial charge is 0.477 e. The van der Waals surface area contributed by atoms with Gasteiger partial charge < -0.3 is 10.2 Å². The first-order chi connectivity index (χ1) is 6.45. The van der Waals surface area contributed by atoms with E-state index in [9.17, 15) is 9.59 Å². The molecule has 0 aliphatic rings. The monoisotopic (exact) mass is 200 g/mol. The van der Waals surface area contributed by atoms with Crippen molar-refractivity contribution in [3.05, 3.63) is 11.1 Å². The van der Waals surface area contributed by atoms with Crippen molar-refractivity contribution in [2.24, 2.45) is 5.92 Å². The summed E-state index contributed by atoms with van der Waals surface area (Å²) in [5.41, 5.74) is -0.0336. The Bertz CT molecular complexity index is 245. The summed E-state index contributed by atoms with van der Waals surface area (Å²) in [5, 5.41) is 17.4. The third-order valence-electron chi connectivity index (χ3n) is 2.42. The first-order valence-corrected chi connectivity index (χ1v) is 4.62. The van der Waals surface area contributed by atoms with Crippen LogP contribution in [0.1, 0.15) is 33.6 Å². The molecular formula is C10H16O4. The Morgan fingerprint density at radius 2 is 1.43 bits per heavy atom. The second-order valence-corrected chi connectivity index (χ2v) is 3.18. The summed E-state index contributed by atoms with van der Waals surface area (Å²) in [6, 6.07) is 0. The van der Waals surface area contributed by atoms with Gasteiger partial charge in [0.1, 0.15) is 5.57 Å². The summed E-state index contributed by atoms with van der Waals surface area (Å²) in [7, 11) is 0. The Morgan fingerprint density at radius 1 is 1.07 bits per heavy atom. The smallest absolute Gasteiger partial charge is 0.343 e. The van der Waals surface area contributed by atoms with E-state index in [1.54, 1.807) is 6.92 Å². The Hall–Kier alpha value is -1.32. The van der Waals surface area contributed by atoms with Crippen LogP contribution in [0.4, 0.5) is 0 Å². The summed E-state index contributed by atoms with van der Waals surface area (Å²) >= 11 is 0. The van der Waals surface area contributed by atoms with Gasteiger partial charge in [-0.15, -0.1) is 0 Å². The van der Waals surface area contributed by atoms with Crippen LogP contribution in [0.15, 0.2) is 11.1 Å². The van der Waals surface area contributed by atoms with Crippen LogP contribution in [0.25, 0.3) is 0 Å². The molecule has 0 aromatic rings. The van der Waals surface area contributed by atoms with Crippen molar-refractivity contribution in [3.63, 3.8) is 0 Å². The molecule has 0 aromatic carbocycles. The summed E-state index contributed by atoms with van der Waals surface area (Å²) in [5.74, 6) is -2.68. The molecule has 0 heterocycles. The maximum Gasteiger partial charge on any atom is 0.343 e. The number of aliphatic carboxylic acids is 2. The average Bonchev–Trinajstić information content (AvgIpc) is 2.04. The highest BCUT2D eigenvalue weighted by Crippen LogP contribution is 2.21. The van der Waals surface area contributed by atoms with Gasteiger partial charge in [-0.05, 0) is 31.3 Å². The van der Waals surface area contributed by atoms with E-state index in [0.29, 0.717) is 5.57 Å². The van der Waals surface area contributed by atoms with Gasteiger partial charge in [0.15, 0.2) is 0 Å². The van der Waals surface area contributed by atoms with Crippen molar-refractivity contribution in [1.29, 1.82) is 0 Å². The van der Waals surface area contributed by atoms with Gasteiger partial charge in [-0.2, -0.15) is 0 Å². The fourth-order valence-electron chi connectivity index (χ4n) is 1.53. The maximum absolute atomic E-state index is 10.7. The van der Waals surface area contributed by atoms with Gasteiger partial charge in [0, 0.05) is 0 Å². The zero-order valence-electron chi connectivity index (χ0n) is 8.70. The van der Waals surface area contributed by atoms with Gasteiger partial charge in [-0.1, -0.05) is 13.8 Å². The Kier molecular flexibility index (Phi) is 4.91. The molecule has 0 atom stereocenters. The zero-order chi connectivity index (χ0) is 11.3. The molecule has 80 valence electrons. The minimum atomic E-state index is -1.36. The van der Waals surface area contributed by atoms with Gasteiger partial charge in [0.05, 0.1) is 0 Å². The summed E-state index contributed by atoms with van der Waals surface area (Å²) < 4.78 is 0. The molecule has 0 saturated heterocycles. The van der Waals surface area contributed by atoms with Crippen LogP contribution in [0.2, 0.25) is 0 Å². The van der Waals surface area contributed by atoms with Gasteiger partial charge >= 0.3 is 11.9 Å². The van der Waals surface area contributed by atoms with Crippen LogP contribution in [0.3, 0.4) is 0 Å². The van der Waals surface area contributed by atoms with Crippen LogP contribution < -0.4 is 0 Å². The van der Waals surface area contributed by atoms with Crippen LogP contribution in [-0.4, -0.2) is 22.2 Å². The SMILES string of the molecule is CCC(CC)C(C)=C(C(=O)O)C(=O)O. The highest BCUT2D eigenvalue weighted by Gasteiger charge is 2.22. The number of hydrogen-bond donors (Lipinski definition) is 2. The van der Waals surface area contributed by atoms with E-state index < -0.39 is 17.5 Å². The lowest BCUT2D eigenvalue weighted by atomic mass is 9.91. The van der Waals surface area contributed by atoms with Crippen molar-refractivity contribution in [1.82, 2.24) is 0 Å². The van der Waals surface area contributed by atoms with E-state index in [0.717, 1.165) is 12.8 Å². The van der Waals surface area contributed by atoms with Crippen molar-refractivity contribution in [2.75, 3.05) is 0 Å². The fourth-order valence-corrected chi connectivity index (χ4v) is 1.53. The van der Waals surface area contributed by atoms with Crippen LogP contribution in [0.5, 0.6) is 0 Å². The molecule has 0 rings (SSSR count). The molecule has 4 nitrogen and oxygen atoms in total. The quantitative estimate of drug-likeness (QED) is 0.404. The van der Waals surface area contributed by atoms with Crippen molar-refractivity contribution in [2.45, 2.75) is 33.6 Å². The number of carboxylic acids is 2. The molecule has 0 saturated carbocycles. The maximum atomic E-state index is 10.7. The highest BCUT2D eigenvalue weighted by atomic mass is 16.4. The molecule has 0 aliphatic carbocycles. The number of allylic oxidation sites excluding steroid dienone is 1. The number of carbonyl (C=O) groups is 2. The van der Waals surface area contributed by atoms with Crippen molar-refractivity contribution in [3.8, 4) is 0 Å². The summed E-state index contributed by atoms with van der Waals surface area (Å²) in [4.78, 5) is 21.4. The Morgan fingerprint density at radius 3 is 1.64 bits per heavy atom. The van der Waals surface area contributed by atoms with E-state index in [-0.39, 0.29) is 5.92 Å². The van der Waals surface area contributed by atoms with E-state index in [1.807, 2.05) is 13.8 Å². The molecule has 2 N–H and O–H groups in total. The summed E-state index contributed by atoms with van der Waals surface area (Å²) in [6.45, 7) is 5.41. The van der Waals surface area contributed by atoms with Gasteiger partial charge in [0.2, 0.25) is 0 Å². The molecule has 0 bridgehead atoms. The number of hydrogen-bond acceptors (Lipinski definition) is 2. The molecule has 0 spiro atoms. The van der Waals surface area contributed by atoms with Crippen molar-refractivity contribution >= 4 is 11.9 Å². The Labute approximate surface area is 83.2 Å². The first kappa shape index (κ1) is 12.7. The Balaban J connectivity index is 5.17. The molecule has 0 aliphatic heterocycles. The first-order valence-electron chi connectivity index (χ1n) is 4.62. The lowest BCUT2D eigenvalue weighted by Gasteiger charge is -2.14. The molecule has 0 radical (unpaired) electrons. The zero-order valence-corrected chi connectivity index (χ0v) is 8.70. The van der Waals surface area contributed by atoms with Gasteiger partial charge in [-0.3, -0.25) is 0 Å². The number of carboxylic acid groups (broad SMARTS) is 2. The standard InChI is InChI=1S/C10H16O4/c1-4-7(5-2)6(3)8(9(11)12)10(13)14/h7H,4-5H2,1-3H3,(H,11,12)(H,13,14). The minimum absolute atomic E-state index is 0.0391. The number of rotatable bonds is 5. The van der Waals surface area contributed by atoms with E-state index in [2.05, 4.69) is 0 Å². The molecule has 0 amide bonds. The summed E-state index contributed by atoms with van der Waals surface area (Å²) in [6.07, 6.45) is 1.51. The molecule has 0 aromatic heterocycles. The second kappa shape index (κ2) is 5.42. The molecule has 0 unspecified atom stereocenters. The van der Waals surface area contributed by atoms with E-state index in [1.165, 1.54) is 0 Å². The van der Waals surface area contributed by atoms with E-state index >= 15 is 0 Å². The van der Waals surface area contributed by atoms with Crippen LogP contribution >= 0.6 is 0 Å². The van der Waals surface area contributed by atoms with Gasteiger partial charge in [0.25, 0.3) is 0 Å². The lowest BCUT2D eigenvalue weighted by molar-refractivity contribution is -0.140. The average molecular weight is 200 g/mol. The van der Waals surface area contributed by atoms with Crippen LogP contribution in [0, 0.1) is 5.92 Å². The molecule has 0 fully saturated rings. The molecular weight excluding hydrogens is 184 g/mol. The van der Waals surface area contributed by atoms with Crippen molar-refractivity contribution < 1.29 is 19.8 Å². The van der Waals surface area contributed by atoms with Crippen LogP contribution in [-0.2, 0) is 9.59 Å². The second-order valence-electron chi connectivity index (χ2n) is 3.18. The predicted molar refractivity (Wildman–Crippen MR) is 52.0 cm³/mol. The predicted octanol–water partition coefficient (Wildman–Crippen LogP) is 1.91. The normalized spacial score (nSPS) is 10.0. The highest BCUT2D eigenvalue weighted by molar-refractivity contribution is 6.13. The van der Waals surface area contributed by atoms with Gasteiger partial charge in [-0.25, -0.2) is 9.59 Å². The topological polar surface area (TPSA) is 74.6 Å². The molecule has 14 heavy (non-hydrogen) atoms. The van der Waals surface area contributed by atoms with E-state index in [4.69, 9.17) is 10.2 Å². The lowest BCUT2D eigenvalue weighted by Crippen LogP contribution is -2.16. The minimum Gasteiger partial charge on any atom is -0.477 e.